The van der Waals surface area contributed by atoms with Crippen molar-refractivity contribution in [2.75, 3.05) is 20.3 Å². The smallest absolute Gasteiger partial charge is 0.390 e. The van der Waals surface area contributed by atoms with Gasteiger partial charge in [-0.1, -0.05) is 29.4 Å². The van der Waals surface area contributed by atoms with Crippen molar-refractivity contribution in [1.29, 1.82) is 0 Å². The second kappa shape index (κ2) is 9.25. The lowest BCUT2D eigenvalue weighted by Crippen LogP contribution is -2.39. The van der Waals surface area contributed by atoms with E-state index >= 15 is 0 Å². The Kier molecular flexibility index (Phi) is 6.71. The van der Waals surface area contributed by atoms with E-state index in [4.69, 9.17) is 9.57 Å². The van der Waals surface area contributed by atoms with Crippen LogP contribution in [-0.2, 0) is 27.1 Å². The lowest BCUT2D eigenvalue weighted by atomic mass is 10.0. The molecule has 3 rings (SSSR count). The average Bonchev–Trinajstić information content (AvgIpc) is 3.16. The summed E-state index contributed by atoms with van der Waals surface area (Å²) in [4.78, 5) is 19.2. The van der Waals surface area contributed by atoms with E-state index in [-0.39, 0.29) is 19.7 Å². The summed E-state index contributed by atoms with van der Waals surface area (Å²) in [5, 5.41) is 3.97. The molecule has 1 unspecified atom stereocenters. The SMILES string of the molecule is COCC(=O)N(Cc1cccc(C(F)(F)F)c1)CC1CC(c2cccc(F)c2)=NO1. The summed E-state index contributed by atoms with van der Waals surface area (Å²) in [5.74, 6) is -0.794. The van der Waals surface area contributed by atoms with Crippen LogP contribution in [0.25, 0.3) is 0 Å². The van der Waals surface area contributed by atoms with Crippen LogP contribution in [0.3, 0.4) is 0 Å². The molecule has 0 fully saturated rings. The maximum Gasteiger partial charge on any atom is 0.416 e. The van der Waals surface area contributed by atoms with Gasteiger partial charge in [0.15, 0.2) is 6.10 Å². The van der Waals surface area contributed by atoms with Gasteiger partial charge in [-0.15, -0.1) is 0 Å². The number of nitrogens with zero attached hydrogens (tertiary/aromatic N) is 2. The topological polar surface area (TPSA) is 51.1 Å². The minimum absolute atomic E-state index is 0.0404. The lowest BCUT2D eigenvalue weighted by molar-refractivity contribution is -0.137. The fourth-order valence-electron chi connectivity index (χ4n) is 3.15. The van der Waals surface area contributed by atoms with Gasteiger partial charge in [0.1, 0.15) is 12.4 Å². The van der Waals surface area contributed by atoms with Gasteiger partial charge in [-0.05, 0) is 29.8 Å². The predicted molar refractivity (Wildman–Crippen MR) is 101 cm³/mol. The molecule has 0 aromatic heterocycles. The molecule has 0 radical (unpaired) electrons. The van der Waals surface area contributed by atoms with E-state index in [9.17, 15) is 22.4 Å². The van der Waals surface area contributed by atoms with Crippen LogP contribution in [0.1, 0.15) is 23.1 Å². The van der Waals surface area contributed by atoms with Crippen LogP contribution >= 0.6 is 0 Å². The molecule has 0 aliphatic carbocycles. The van der Waals surface area contributed by atoms with Gasteiger partial charge in [0.2, 0.25) is 5.91 Å². The van der Waals surface area contributed by atoms with Gasteiger partial charge in [-0.3, -0.25) is 4.79 Å². The van der Waals surface area contributed by atoms with Crippen LogP contribution < -0.4 is 0 Å². The number of alkyl halides is 3. The summed E-state index contributed by atoms with van der Waals surface area (Å²) < 4.78 is 57.3. The first-order valence-corrected chi connectivity index (χ1v) is 9.17. The van der Waals surface area contributed by atoms with Gasteiger partial charge in [0, 0.05) is 25.6 Å². The zero-order valence-corrected chi connectivity index (χ0v) is 16.2. The van der Waals surface area contributed by atoms with Crippen LogP contribution in [0.4, 0.5) is 17.6 Å². The molecule has 0 saturated carbocycles. The number of carbonyl (C=O) groups is 1. The van der Waals surface area contributed by atoms with E-state index in [0.29, 0.717) is 23.3 Å². The zero-order valence-electron chi connectivity index (χ0n) is 16.2. The Bertz CT molecular complexity index is 930. The number of rotatable bonds is 7. The fraction of sp³-hybridized carbons (Fsp3) is 0.333. The van der Waals surface area contributed by atoms with E-state index in [1.165, 1.54) is 36.3 Å². The number of halogens is 4. The predicted octanol–water partition coefficient (Wildman–Crippen LogP) is 4.01. The molecule has 1 heterocycles. The Morgan fingerprint density at radius 2 is 2.00 bits per heavy atom. The maximum absolute atomic E-state index is 13.4. The second-order valence-corrected chi connectivity index (χ2v) is 6.89. The molecule has 1 atom stereocenters. The van der Waals surface area contributed by atoms with E-state index in [1.807, 2.05) is 0 Å². The molecule has 0 bridgehead atoms. The Labute approximate surface area is 170 Å². The van der Waals surface area contributed by atoms with Crippen molar-refractivity contribution in [3.05, 3.63) is 71.0 Å². The molecule has 30 heavy (non-hydrogen) atoms. The Balaban J connectivity index is 1.70. The van der Waals surface area contributed by atoms with Crippen LogP contribution in [0.5, 0.6) is 0 Å². The molecular weight excluding hydrogens is 404 g/mol. The molecule has 9 heteroatoms. The van der Waals surface area contributed by atoms with Crippen molar-refractivity contribution in [2.24, 2.45) is 5.16 Å². The summed E-state index contributed by atoms with van der Waals surface area (Å²) in [6.45, 7) is -0.161. The van der Waals surface area contributed by atoms with E-state index in [2.05, 4.69) is 5.16 Å². The normalized spacial score (nSPS) is 16.2. The molecule has 1 aliphatic rings. The zero-order chi connectivity index (χ0) is 21.7. The minimum atomic E-state index is -4.47. The van der Waals surface area contributed by atoms with Gasteiger partial charge in [0.25, 0.3) is 0 Å². The first-order chi connectivity index (χ1) is 14.3. The maximum atomic E-state index is 13.4. The second-order valence-electron chi connectivity index (χ2n) is 6.89. The van der Waals surface area contributed by atoms with Crippen molar-refractivity contribution < 1.29 is 31.9 Å². The average molecular weight is 424 g/mol. The van der Waals surface area contributed by atoms with E-state index in [1.54, 1.807) is 12.1 Å². The standard InChI is InChI=1S/C21H20F4N2O3/c1-29-13-20(28)27(11-14-4-2-6-16(8-14)21(23,24)25)12-18-10-19(26-30-18)15-5-3-7-17(22)9-15/h2-9,18H,10-13H2,1H3. The van der Waals surface area contributed by atoms with Crippen LogP contribution in [0.2, 0.25) is 0 Å². The number of hydrogen-bond donors (Lipinski definition) is 0. The van der Waals surface area contributed by atoms with Gasteiger partial charge < -0.3 is 14.5 Å². The first-order valence-electron chi connectivity index (χ1n) is 9.17. The Hall–Kier alpha value is -2.94. The lowest BCUT2D eigenvalue weighted by Gasteiger charge is -2.25. The summed E-state index contributed by atoms with van der Waals surface area (Å²) in [6, 6.07) is 10.7. The largest absolute Gasteiger partial charge is 0.416 e. The quantitative estimate of drug-likeness (QED) is 0.631. The van der Waals surface area contributed by atoms with Crippen LogP contribution in [-0.4, -0.2) is 42.9 Å². The summed E-state index contributed by atoms with van der Waals surface area (Å²) in [7, 11) is 1.36. The van der Waals surface area contributed by atoms with Gasteiger partial charge in [-0.25, -0.2) is 4.39 Å². The minimum Gasteiger partial charge on any atom is -0.390 e. The van der Waals surface area contributed by atoms with Gasteiger partial charge in [0.05, 0.1) is 17.8 Å². The summed E-state index contributed by atoms with van der Waals surface area (Å²) in [6.07, 6.45) is -4.64. The number of hydrogen-bond acceptors (Lipinski definition) is 4. The van der Waals surface area contributed by atoms with Crippen LogP contribution in [0, 0.1) is 5.82 Å². The third-order valence-electron chi connectivity index (χ3n) is 4.56. The Morgan fingerprint density at radius 3 is 2.70 bits per heavy atom. The number of methoxy groups -OCH3 is 1. The molecular formula is C21H20F4N2O3. The van der Waals surface area contributed by atoms with Crippen molar-refractivity contribution in [3.63, 3.8) is 0 Å². The molecule has 5 nitrogen and oxygen atoms in total. The van der Waals surface area contributed by atoms with E-state index in [0.717, 1.165) is 12.1 Å². The first kappa shape index (κ1) is 21.8. The molecule has 1 aliphatic heterocycles. The van der Waals surface area contributed by atoms with Crippen LogP contribution in [0.15, 0.2) is 53.7 Å². The molecule has 2 aromatic carbocycles. The van der Waals surface area contributed by atoms with Gasteiger partial charge in [-0.2, -0.15) is 13.2 Å². The highest BCUT2D eigenvalue weighted by atomic mass is 19.4. The van der Waals surface area contributed by atoms with Gasteiger partial charge >= 0.3 is 6.18 Å². The van der Waals surface area contributed by atoms with Crippen molar-refractivity contribution in [3.8, 4) is 0 Å². The van der Waals surface area contributed by atoms with Crippen molar-refractivity contribution in [2.45, 2.75) is 25.2 Å². The molecule has 2 aromatic rings. The molecule has 0 N–H and O–H groups in total. The fourth-order valence-corrected chi connectivity index (χ4v) is 3.15. The van der Waals surface area contributed by atoms with E-state index < -0.39 is 29.6 Å². The Morgan fingerprint density at radius 1 is 1.23 bits per heavy atom. The highest BCUT2D eigenvalue weighted by Gasteiger charge is 2.31. The molecule has 0 spiro atoms. The highest BCUT2D eigenvalue weighted by Crippen LogP contribution is 2.30. The number of oxime groups is 1. The molecule has 0 saturated heterocycles. The highest BCUT2D eigenvalue weighted by molar-refractivity contribution is 6.01. The third-order valence-corrected chi connectivity index (χ3v) is 4.56. The molecule has 160 valence electrons. The summed E-state index contributed by atoms with van der Waals surface area (Å²) in [5.41, 5.74) is 0.661. The monoisotopic (exact) mass is 424 g/mol. The number of ether oxygens (including phenoxy) is 1. The number of amides is 1. The third kappa shape index (κ3) is 5.56. The van der Waals surface area contributed by atoms with Crippen molar-refractivity contribution >= 4 is 11.6 Å². The van der Waals surface area contributed by atoms with Crippen molar-refractivity contribution in [1.82, 2.24) is 4.90 Å². The number of benzene rings is 2. The number of carbonyl (C=O) groups excluding carboxylic acids is 1. The molecule has 1 amide bonds. The summed E-state index contributed by atoms with van der Waals surface area (Å²) >= 11 is 0.